The molecule has 4 heteroatoms. The van der Waals surface area contributed by atoms with E-state index in [9.17, 15) is 9.90 Å². The Morgan fingerprint density at radius 1 is 1.41 bits per heavy atom. The van der Waals surface area contributed by atoms with E-state index in [-0.39, 0.29) is 17.9 Å². The molecular formula is C18H23NO3. The fourth-order valence-corrected chi connectivity index (χ4v) is 3.32. The summed E-state index contributed by atoms with van der Waals surface area (Å²) in [6.45, 7) is 7.07. The van der Waals surface area contributed by atoms with Crippen molar-refractivity contribution in [2.24, 2.45) is 5.92 Å². The summed E-state index contributed by atoms with van der Waals surface area (Å²) in [7, 11) is 0. The van der Waals surface area contributed by atoms with Gasteiger partial charge in [-0.3, -0.25) is 4.79 Å². The molecule has 1 aliphatic rings. The van der Waals surface area contributed by atoms with Crippen molar-refractivity contribution in [2.45, 2.75) is 39.7 Å². The highest BCUT2D eigenvalue weighted by molar-refractivity contribution is 5.99. The number of rotatable bonds is 2. The summed E-state index contributed by atoms with van der Waals surface area (Å²) in [5.41, 5.74) is 2.75. The molecule has 0 aliphatic carbocycles. The number of hydrogen-bond acceptors (Lipinski definition) is 3. The number of amides is 1. The van der Waals surface area contributed by atoms with Crippen molar-refractivity contribution in [3.63, 3.8) is 0 Å². The Bertz CT molecular complexity index is 702. The minimum atomic E-state index is -0.380. The van der Waals surface area contributed by atoms with Crippen LogP contribution in [-0.4, -0.2) is 35.1 Å². The highest BCUT2D eigenvalue weighted by Crippen LogP contribution is 2.30. The molecule has 1 amide bonds. The molecule has 0 radical (unpaired) electrons. The van der Waals surface area contributed by atoms with Crippen molar-refractivity contribution < 1.29 is 14.3 Å². The molecule has 2 unspecified atom stereocenters. The van der Waals surface area contributed by atoms with Crippen LogP contribution in [0.2, 0.25) is 0 Å². The normalized spacial score (nSPS) is 20.4. The number of benzene rings is 1. The van der Waals surface area contributed by atoms with Crippen LogP contribution in [0.25, 0.3) is 11.0 Å². The molecule has 1 saturated heterocycles. The lowest BCUT2D eigenvalue weighted by Crippen LogP contribution is -2.43. The zero-order valence-electron chi connectivity index (χ0n) is 13.4. The van der Waals surface area contributed by atoms with E-state index in [0.717, 1.165) is 41.5 Å². The van der Waals surface area contributed by atoms with Gasteiger partial charge in [0.05, 0.1) is 6.10 Å². The van der Waals surface area contributed by atoms with Crippen LogP contribution in [0.4, 0.5) is 0 Å². The van der Waals surface area contributed by atoms with Gasteiger partial charge >= 0.3 is 0 Å². The van der Waals surface area contributed by atoms with Crippen LogP contribution in [0.1, 0.15) is 41.4 Å². The summed E-state index contributed by atoms with van der Waals surface area (Å²) >= 11 is 0. The van der Waals surface area contributed by atoms with Crippen LogP contribution in [0.5, 0.6) is 0 Å². The molecule has 0 saturated carbocycles. The molecule has 2 aromatic rings. The standard InChI is InChI=1S/C18H23NO3/c1-11-6-4-8-15-12(2)17(22-16(11)15)18(21)19-9-5-7-14(10-19)13(3)20/h4,6,8,13-14,20H,5,7,9-10H2,1-3H3. The zero-order chi connectivity index (χ0) is 15.9. The Morgan fingerprint density at radius 3 is 2.86 bits per heavy atom. The van der Waals surface area contributed by atoms with Crippen LogP contribution in [0.3, 0.4) is 0 Å². The quantitative estimate of drug-likeness (QED) is 0.926. The molecule has 4 nitrogen and oxygen atoms in total. The molecule has 3 rings (SSSR count). The average molecular weight is 301 g/mol. The first-order valence-electron chi connectivity index (χ1n) is 7.95. The van der Waals surface area contributed by atoms with Crippen molar-refractivity contribution in [1.29, 1.82) is 0 Å². The first-order valence-corrected chi connectivity index (χ1v) is 7.95. The molecule has 118 valence electrons. The SMILES string of the molecule is Cc1c(C(=O)N2CCCC(C(C)O)C2)oc2c(C)cccc12. The summed E-state index contributed by atoms with van der Waals surface area (Å²) in [5, 5.41) is 10.8. The maximum absolute atomic E-state index is 12.8. The number of para-hydroxylation sites is 1. The molecule has 1 N–H and O–H groups in total. The number of fused-ring (bicyclic) bond motifs is 1. The van der Waals surface area contributed by atoms with Gasteiger partial charge in [0, 0.05) is 30.0 Å². The highest BCUT2D eigenvalue weighted by Gasteiger charge is 2.30. The molecular weight excluding hydrogens is 278 g/mol. The maximum Gasteiger partial charge on any atom is 0.289 e. The minimum Gasteiger partial charge on any atom is -0.450 e. The fraction of sp³-hybridized carbons (Fsp3) is 0.500. The van der Waals surface area contributed by atoms with Crippen molar-refractivity contribution >= 4 is 16.9 Å². The van der Waals surface area contributed by atoms with E-state index in [1.54, 1.807) is 6.92 Å². The monoisotopic (exact) mass is 301 g/mol. The predicted molar refractivity (Wildman–Crippen MR) is 86.0 cm³/mol. The van der Waals surface area contributed by atoms with E-state index >= 15 is 0 Å². The Kier molecular flexibility index (Phi) is 3.96. The largest absolute Gasteiger partial charge is 0.450 e. The van der Waals surface area contributed by atoms with Crippen molar-refractivity contribution in [3.8, 4) is 0 Å². The van der Waals surface area contributed by atoms with Crippen LogP contribution < -0.4 is 0 Å². The lowest BCUT2D eigenvalue weighted by atomic mass is 9.93. The molecule has 0 spiro atoms. The van der Waals surface area contributed by atoms with Gasteiger partial charge in [-0.2, -0.15) is 0 Å². The van der Waals surface area contributed by atoms with Crippen molar-refractivity contribution in [2.75, 3.05) is 13.1 Å². The second kappa shape index (κ2) is 5.76. The molecule has 1 aliphatic heterocycles. The molecule has 2 heterocycles. The van der Waals surface area contributed by atoms with E-state index in [0.29, 0.717) is 12.3 Å². The van der Waals surface area contributed by atoms with Gasteiger partial charge in [-0.1, -0.05) is 18.2 Å². The van der Waals surface area contributed by atoms with Crippen LogP contribution >= 0.6 is 0 Å². The number of aliphatic hydroxyl groups is 1. The van der Waals surface area contributed by atoms with E-state index in [2.05, 4.69) is 0 Å². The summed E-state index contributed by atoms with van der Waals surface area (Å²) in [4.78, 5) is 14.6. The van der Waals surface area contributed by atoms with Crippen molar-refractivity contribution in [3.05, 3.63) is 35.1 Å². The smallest absolute Gasteiger partial charge is 0.289 e. The van der Waals surface area contributed by atoms with Gasteiger partial charge in [0.1, 0.15) is 5.58 Å². The first-order chi connectivity index (χ1) is 10.5. The fourth-order valence-electron chi connectivity index (χ4n) is 3.32. The number of furan rings is 1. The van der Waals surface area contributed by atoms with E-state index in [1.807, 2.05) is 36.9 Å². The third kappa shape index (κ3) is 2.52. The van der Waals surface area contributed by atoms with E-state index < -0.39 is 0 Å². The molecule has 1 aromatic carbocycles. The topological polar surface area (TPSA) is 53.7 Å². The Balaban J connectivity index is 1.92. The van der Waals surface area contributed by atoms with E-state index in [4.69, 9.17) is 4.42 Å². The number of carbonyl (C=O) groups is 1. The molecule has 1 fully saturated rings. The summed E-state index contributed by atoms with van der Waals surface area (Å²) in [6, 6.07) is 5.97. The number of hydrogen-bond donors (Lipinski definition) is 1. The van der Waals surface area contributed by atoms with Gasteiger partial charge in [-0.15, -0.1) is 0 Å². The maximum atomic E-state index is 12.8. The molecule has 1 aromatic heterocycles. The third-order valence-electron chi connectivity index (χ3n) is 4.78. The average Bonchev–Trinajstić information content (AvgIpc) is 2.85. The van der Waals surface area contributed by atoms with Crippen LogP contribution in [0.15, 0.2) is 22.6 Å². The lowest BCUT2D eigenvalue weighted by Gasteiger charge is -2.33. The van der Waals surface area contributed by atoms with Gasteiger partial charge < -0.3 is 14.4 Å². The molecule has 0 bridgehead atoms. The first kappa shape index (κ1) is 15.1. The van der Waals surface area contributed by atoms with Gasteiger partial charge in [0.2, 0.25) is 0 Å². The second-order valence-corrected chi connectivity index (χ2v) is 6.40. The number of carbonyl (C=O) groups excluding carboxylic acids is 1. The lowest BCUT2D eigenvalue weighted by molar-refractivity contribution is 0.0444. The zero-order valence-corrected chi connectivity index (χ0v) is 13.4. The number of likely N-dealkylation sites (tertiary alicyclic amines) is 1. The van der Waals surface area contributed by atoms with Gasteiger partial charge in [-0.05, 0) is 39.2 Å². The summed E-state index contributed by atoms with van der Waals surface area (Å²) in [6.07, 6.45) is 1.52. The highest BCUT2D eigenvalue weighted by atomic mass is 16.3. The minimum absolute atomic E-state index is 0.0570. The Hall–Kier alpha value is -1.81. The Labute approximate surface area is 130 Å². The van der Waals surface area contributed by atoms with E-state index in [1.165, 1.54) is 0 Å². The second-order valence-electron chi connectivity index (χ2n) is 6.40. The molecule has 2 atom stereocenters. The third-order valence-corrected chi connectivity index (χ3v) is 4.78. The van der Waals surface area contributed by atoms with Crippen LogP contribution in [-0.2, 0) is 0 Å². The predicted octanol–water partition coefficient (Wildman–Crippen LogP) is 3.28. The van der Waals surface area contributed by atoms with Gasteiger partial charge in [-0.25, -0.2) is 0 Å². The number of aliphatic hydroxyl groups excluding tert-OH is 1. The number of aryl methyl sites for hydroxylation is 2. The summed E-state index contributed by atoms with van der Waals surface area (Å²) < 4.78 is 5.89. The summed E-state index contributed by atoms with van der Waals surface area (Å²) in [5.74, 6) is 0.540. The molecule has 22 heavy (non-hydrogen) atoms. The number of nitrogens with zero attached hydrogens (tertiary/aromatic N) is 1. The number of piperidine rings is 1. The van der Waals surface area contributed by atoms with Gasteiger partial charge in [0.15, 0.2) is 5.76 Å². The van der Waals surface area contributed by atoms with Gasteiger partial charge in [0.25, 0.3) is 5.91 Å². The van der Waals surface area contributed by atoms with Crippen LogP contribution in [0, 0.1) is 19.8 Å². The Morgan fingerprint density at radius 2 is 2.18 bits per heavy atom. The van der Waals surface area contributed by atoms with Crippen molar-refractivity contribution in [1.82, 2.24) is 4.90 Å².